The summed E-state index contributed by atoms with van der Waals surface area (Å²) in [5, 5.41) is 0. The van der Waals surface area contributed by atoms with E-state index in [0.717, 1.165) is 11.3 Å². The molecular formula is C11H7N. The van der Waals surface area contributed by atoms with Crippen LogP contribution >= 0.6 is 0 Å². The maximum atomic E-state index is 4.20. The quantitative estimate of drug-likeness (QED) is 0.564. The van der Waals surface area contributed by atoms with Crippen LogP contribution in [-0.4, -0.2) is 4.98 Å². The summed E-state index contributed by atoms with van der Waals surface area (Å²) < 4.78 is 0. The van der Waals surface area contributed by atoms with Gasteiger partial charge in [-0.3, -0.25) is 4.98 Å². The topological polar surface area (TPSA) is 12.9 Å². The molecule has 0 unspecified atom stereocenters. The number of aromatic nitrogens is 1. The van der Waals surface area contributed by atoms with Gasteiger partial charge >= 0.3 is 0 Å². The molecule has 1 aliphatic rings. The molecule has 0 bridgehead atoms. The highest BCUT2D eigenvalue weighted by Gasteiger charge is 1.96. The first-order chi connectivity index (χ1) is 5.97. The first-order valence-corrected chi connectivity index (χ1v) is 3.76. The zero-order valence-electron chi connectivity index (χ0n) is 6.49. The molecule has 0 radical (unpaired) electrons. The minimum Gasteiger partial charge on any atom is -0.256 e. The SMILES string of the molecule is C1=C=C(c2ccccn2)C=CC=1. The minimum absolute atomic E-state index is 0.939. The molecule has 1 heterocycles. The summed E-state index contributed by atoms with van der Waals surface area (Å²) in [6.45, 7) is 0. The average molecular weight is 153 g/mol. The van der Waals surface area contributed by atoms with Gasteiger partial charge in [0.05, 0.1) is 11.3 Å². The number of hydrogen-bond donors (Lipinski definition) is 0. The van der Waals surface area contributed by atoms with Crippen LogP contribution in [0, 0.1) is 0 Å². The summed E-state index contributed by atoms with van der Waals surface area (Å²) in [5.41, 5.74) is 7.82. The van der Waals surface area contributed by atoms with Crippen molar-refractivity contribution in [3.63, 3.8) is 0 Å². The maximum absolute atomic E-state index is 4.20. The number of nitrogens with zero attached hydrogens (tertiary/aromatic N) is 1. The predicted molar refractivity (Wildman–Crippen MR) is 48.4 cm³/mol. The lowest BCUT2D eigenvalue weighted by Gasteiger charge is -1.96. The van der Waals surface area contributed by atoms with Crippen molar-refractivity contribution in [2.75, 3.05) is 0 Å². The highest BCUT2D eigenvalue weighted by Crippen LogP contribution is 2.11. The molecule has 0 N–H and O–H groups in total. The number of rotatable bonds is 1. The van der Waals surface area contributed by atoms with Gasteiger partial charge in [-0.05, 0) is 24.3 Å². The van der Waals surface area contributed by atoms with E-state index in [9.17, 15) is 0 Å². The molecule has 1 heteroatoms. The monoisotopic (exact) mass is 153 g/mol. The van der Waals surface area contributed by atoms with Crippen LogP contribution in [0.1, 0.15) is 5.69 Å². The van der Waals surface area contributed by atoms with Crippen molar-refractivity contribution < 1.29 is 0 Å². The predicted octanol–water partition coefficient (Wildman–Crippen LogP) is 2.34. The van der Waals surface area contributed by atoms with E-state index in [4.69, 9.17) is 0 Å². The van der Waals surface area contributed by atoms with Crippen molar-refractivity contribution in [3.8, 4) is 0 Å². The number of pyridine rings is 1. The van der Waals surface area contributed by atoms with Crippen molar-refractivity contribution in [1.82, 2.24) is 4.98 Å². The van der Waals surface area contributed by atoms with E-state index in [0.29, 0.717) is 0 Å². The van der Waals surface area contributed by atoms with Crippen LogP contribution in [0.15, 0.2) is 54.1 Å². The van der Waals surface area contributed by atoms with Gasteiger partial charge in [0.1, 0.15) is 0 Å². The fourth-order valence-electron chi connectivity index (χ4n) is 1.03. The fourth-order valence-corrected chi connectivity index (χ4v) is 1.03. The van der Waals surface area contributed by atoms with E-state index in [-0.39, 0.29) is 0 Å². The Hall–Kier alpha value is -1.81. The van der Waals surface area contributed by atoms with Gasteiger partial charge in [-0.15, -0.1) is 0 Å². The van der Waals surface area contributed by atoms with E-state index >= 15 is 0 Å². The van der Waals surface area contributed by atoms with Crippen LogP contribution in [0.3, 0.4) is 0 Å². The molecule has 0 saturated carbocycles. The van der Waals surface area contributed by atoms with Crippen LogP contribution in [0.5, 0.6) is 0 Å². The van der Waals surface area contributed by atoms with E-state index in [1.807, 2.05) is 36.4 Å². The Balaban J connectivity index is 2.52. The molecule has 0 aromatic carbocycles. The van der Waals surface area contributed by atoms with Crippen LogP contribution in [0.2, 0.25) is 0 Å². The highest BCUT2D eigenvalue weighted by atomic mass is 14.7. The summed E-state index contributed by atoms with van der Waals surface area (Å²) in [6, 6.07) is 5.82. The third kappa shape index (κ3) is 1.28. The van der Waals surface area contributed by atoms with Crippen LogP contribution in [0.25, 0.3) is 5.57 Å². The van der Waals surface area contributed by atoms with E-state index < -0.39 is 0 Å². The second-order valence-corrected chi connectivity index (χ2v) is 2.42. The second kappa shape index (κ2) is 3.06. The molecule has 0 aliphatic heterocycles. The molecule has 0 saturated heterocycles. The lowest BCUT2D eigenvalue weighted by atomic mass is 10.1. The van der Waals surface area contributed by atoms with Gasteiger partial charge in [-0.25, -0.2) is 0 Å². The summed E-state index contributed by atoms with van der Waals surface area (Å²) >= 11 is 0. The van der Waals surface area contributed by atoms with Gasteiger partial charge in [0, 0.05) is 6.20 Å². The maximum Gasteiger partial charge on any atom is 0.0786 e. The van der Waals surface area contributed by atoms with Crippen LogP contribution in [0.4, 0.5) is 0 Å². The third-order valence-electron chi connectivity index (χ3n) is 1.59. The highest BCUT2D eigenvalue weighted by molar-refractivity contribution is 5.72. The minimum atomic E-state index is 0.939. The Morgan fingerprint density at radius 1 is 1.25 bits per heavy atom. The summed E-state index contributed by atoms with van der Waals surface area (Å²) in [6.07, 6.45) is 7.50. The van der Waals surface area contributed by atoms with Crippen molar-refractivity contribution in [3.05, 3.63) is 59.8 Å². The van der Waals surface area contributed by atoms with Crippen LogP contribution < -0.4 is 0 Å². The molecule has 0 fully saturated rings. The van der Waals surface area contributed by atoms with Gasteiger partial charge < -0.3 is 0 Å². The van der Waals surface area contributed by atoms with Gasteiger partial charge in [0.2, 0.25) is 0 Å². The largest absolute Gasteiger partial charge is 0.256 e. The Morgan fingerprint density at radius 3 is 2.92 bits per heavy atom. The molecule has 0 spiro atoms. The molecule has 1 nitrogen and oxygen atoms in total. The fraction of sp³-hybridized carbons (Fsp3) is 0. The van der Waals surface area contributed by atoms with Gasteiger partial charge in [-0.2, -0.15) is 0 Å². The molecule has 1 aromatic rings. The molecule has 56 valence electrons. The average Bonchev–Trinajstić information content (AvgIpc) is 2.21. The Labute approximate surface area is 71.1 Å². The van der Waals surface area contributed by atoms with Crippen molar-refractivity contribution in [2.24, 2.45) is 0 Å². The first kappa shape index (κ1) is 6.87. The molecule has 12 heavy (non-hydrogen) atoms. The Kier molecular flexibility index (Phi) is 1.75. The lowest BCUT2D eigenvalue weighted by Crippen LogP contribution is -1.83. The van der Waals surface area contributed by atoms with Crippen molar-refractivity contribution >= 4 is 5.57 Å². The second-order valence-electron chi connectivity index (χ2n) is 2.42. The van der Waals surface area contributed by atoms with E-state index in [2.05, 4.69) is 16.4 Å². The zero-order chi connectivity index (χ0) is 8.23. The lowest BCUT2D eigenvalue weighted by molar-refractivity contribution is 1.28. The summed E-state index contributed by atoms with van der Waals surface area (Å²) in [4.78, 5) is 4.20. The standard InChI is InChI=1S/C11H7N/c1-2-6-10(7-3-1)11-8-4-5-9-12-11/h1-2,4-6,8-9H. The normalized spacial score (nSPS) is 13.2. The molecule has 0 atom stereocenters. The summed E-state index contributed by atoms with van der Waals surface area (Å²) in [7, 11) is 0. The molecule has 2 rings (SSSR count). The molecule has 1 aromatic heterocycles. The van der Waals surface area contributed by atoms with Gasteiger partial charge in [0.25, 0.3) is 0 Å². The summed E-state index contributed by atoms with van der Waals surface area (Å²) in [5.74, 6) is 0. The van der Waals surface area contributed by atoms with Gasteiger partial charge in [-0.1, -0.05) is 23.6 Å². The van der Waals surface area contributed by atoms with Crippen molar-refractivity contribution in [1.29, 1.82) is 0 Å². The Morgan fingerprint density at radius 2 is 2.25 bits per heavy atom. The van der Waals surface area contributed by atoms with Gasteiger partial charge in [0.15, 0.2) is 0 Å². The first-order valence-electron chi connectivity index (χ1n) is 3.76. The number of allylic oxidation sites excluding steroid dienone is 4. The molecular weight excluding hydrogens is 146 g/mol. The smallest absolute Gasteiger partial charge is 0.0786 e. The van der Waals surface area contributed by atoms with E-state index in [1.165, 1.54) is 0 Å². The molecule has 0 amide bonds. The number of hydrogen-bond acceptors (Lipinski definition) is 1. The zero-order valence-corrected chi connectivity index (χ0v) is 6.49. The van der Waals surface area contributed by atoms with Crippen molar-refractivity contribution in [2.45, 2.75) is 0 Å². The Bertz CT molecular complexity index is 400. The molecule has 1 aliphatic carbocycles. The van der Waals surface area contributed by atoms with E-state index in [1.54, 1.807) is 6.20 Å². The third-order valence-corrected chi connectivity index (χ3v) is 1.59. The van der Waals surface area contributed by atoms with Crippen LogP contribution in [-0.2, 0) is 0 Å².